The van der Waals surface area contributed by atoms with Crippen molar-refractivity contribution in [2.45, 2.75) is 31.8 Å². The Morgan fingerprint density at radius 2 is 1.70 bits per heavy atom. The molecule has 0 saturated carbocycles. The van der Waals surface area contributed by atoms with E-state index in [-0.39, 0.29) is 6.04 Å². The lowest BCUT2D eigenvalue weighted by molar-refractivity contribution is 0.322. The lowest BCUT2D eigenvalue weighted by Crippen LogP contribution is -2.39. The number of fused-ring (bicyclic) bond motifs is 3. The summed E-state index contributed by atoms with van der Waals surface area (Å²) in [4.78, 5) is 3.64. The van der Waals surface area contributed by atoms with Crippen molar-refractivity contribution in [3.05, 3.63) is 53.2 Å². The lowest BCUT2D eigenvalue weighted by atomic mass is 9.89. The predicted molar refractivity (Wildman–Crippen MR) is 107 cm³/mol. The highest BCUT2D eigenvalue weighted by atomic mass is 16.5. The van der Waals surface area contributed by atoms with Crippen molar-refractivity contribution in [3.63, 3.8) is 0 Å². The van der Waals surface area contributed by atoms with Gasteiger partial charge in [0.05, 0.1) is 27.4 Å². The van der Waals surface area contributed by atoms with Crippen molar-refractivity contribution in [2.75, 3.05) is 21.3 Å². The Bertz CT molecular complexity index is 938. The van der Waals surface area contributed by atoms with Crippen LogP contribution < -0.4 is 19.5 Å². The Morgan fingerprint density at radius 3 is 2.33 bits per heavy atom. The molecule has 0 unspecified atom stereocenters. The predicted octanol–water partition coefficient (Wildman–Crippen LogP) is 4.21. The van der Waals surface area contributed by atoms with E-state index in [2.05, 4.69) is 41.5 Å². The number of aromatic amines is 1. The van der Waals surface area contributed by atoms with Crippen LogP contribution in [0.2, 0.25) is 0 Å². The van der Waals surface area contributed by atoms with Crippen LogP contribution in [0.25, 0.3) is 10.9 Å². The fraction of sp³-hybridized carbons (Fsp3) is 0.364. The maximum Gasteiger partial charge on any atom is 0.203 e. The average molecular weight is 366 g/mol. The molecule has 2 heterocycles. The summed E-state index contributed by atoms with van der Waals surface area (Å²) in [5, 5.41) is 5.10. The summed E-state index contributed by atoms with van der Waals surface area (Å²) in [7, 11) is 4.93. The lowest BCUT2D eigenvalue weighted by Gasteiger charge is -2.32. The van der Waals surface area contributed by atoms with Crippen LogP contribution in [0.1, 0.15) is 36.2 Å². The molecule has 1 aliphatic heterocycles. The number of hydrogen-bond donors (Lipinski definition) is 2. The van der Waals surface area contributed by atoms with Gasteiger partial charge in [0, 0.05) is 22.6 Å². The Balaban J connectivity index is 1.89. The average Bonchev–Trinajstić information content (AvgIpc) is 3.10. The van der Waals surface area contributed by atoms with Crippen LogP contribution in [0, 0.1) is 0 Å². The minimum Gasteiger partial charge on any atom is -0.493 e. The number of para-hydroxylation sites is 1. The number of benzene rings is 2. The van der Waals surface area contributed by atoms with Crippen LogP contribution in [0.3, 0.4) is 0 Å². The molecule has 5 heteroatoms. The third-order valence-electron chi connectivity index (χ3n) is 5.50. The molecule has 1 aromatic heterocycles. The smallest absolute Gasteiger partial charge is 0.203 e. The number of H-pyrrole nitrogens is 1. The Kier molecular flexibility index (Phi) is 4.70. The van der Waals surface area contributed by atoms with E-state index in [1.165, 1.54) is 22.2 Å². The van der Waals surface area contributed by atoms with Crippen LogP contribution in [0.15, 0.2) is 36.4 Å². The molecule has 2 N–H and O–H groups in total. The number of rotatable bonds is 5. The number of methoxy groups -OCH3 is 3. The molecular formula is C22H26N2O3. The SMILES string of the molecule is CC[C@@H]1Cc2c([nH]c3ccccc23)[C@H](c2cc(OC)c(OC)c(OC)c2)N1. The molecule has 0 fully saturated rings. The second kappa shape index (κ2) is 7.16. The van der Waals surface area contributed by atoms with Gasteiger partial charge in [-0.05, 0) is 42.2 Å². The first-order chi connectivity index (χ1) is 13.2. The third kappa shape index (κ3) is 2.92. The Morgan fingerprint density at radius 1 is 1.00 bits per heavy atom. The van der Waals surface area contributed by atoms with Gasteiger partial charge in [0.2, 0.25) is 5.75 Å². The second-order valence-electron chi connectivity index (χ2n) is 6.93. The zero-order valence-corrected chi connectivity index (χ0v) is 16.3. The van der Waals surface area contributed by atoms with Crippen molar-refractivity contribution in [2.24, 2.45) is 0 Å². The zero-order chi connectivity index (χ0) is 19.0. The molecule has 0 bridgehead atoms. The first kappa shape index (κ1) is 17.7. The number of nitrogens with one attached hydrogen (secondary N) is 2. The minimum absolute atomic E-state index is 0.0415. The van der Waals surface area contributed by atoms with Gasteiger partial charge in [0.1, 0.15) is 0 Å². The van der Waals surface area contributed by atoms with Gasteiger partial charge >= 0.3 is 0 Å². The van der Waals surface area contributed by atoms with Crippen LogP contribution in [0.4, 0.5) is 0 Å². The van der Waals surface area contributed by atoms with Gasteiger partial charge in [-0.25, -0.2) is 0 Å². The van der Waals surface area contributed by atoms with E-state index in [0.717, 1.165) is 18.4 Å². The largest absolute Gasteiger partial charge is 0.493 e. The Labute approximate surface area is 159 Å². The summed E-state index contributed by atoms with van der Waals surface area (Å²) >= 11 is 0. The molecule has 0 radical (unpaired) electrons. The van der Waals surface area contributed by atoms with Gasteiger partial charge in [0.25, 0.3) is 0 Å². The summed E-state index contributed by atoms with van der Waals surface area (Å²) in [6.45, 7) is 2.23. The zero-order valence-electron chi connectivity index (χ0n) is 16.3. The van der Waals surface area contributed by atoms with Gasteiger partial charge < -0.3 is 24.5 Å². The van der Waals surface area contributed by atoms with E-state index >= 15 is 0 Å². The maximum atomic E-state index is 5.57. The van der Waals surface area contributed by atoms with E-state index in [4.69, 9.17) is 14.2 Å². The molecule has 0 spiro atoms. The van der Waals surface area contributed by atoms with E-state index in [0.29, 0.717) is 23.3 Å². The molecule has 5 nitrogen and oxygen atoms in total. The topological polar surface area (TPSA) is 55.5 Å². The molecule has 27 heavy (non-hydrogen) atoms. The van der Waals surface area contributed by atoms with E-state index < -0.39 is 0 Å². The molecule has 0 amide bonds. The minimum atomic E-state index is 0.0415. The molecule has 0 aliphatic carbocycles. The monoisotopic (exact) mass is 366 g/mol. The van der Waals surface area contributed by atoms with Gasteiger partial charge in [-0.1, -0.05) is 25.1 Å². The first-order valence-corrected chi connectivity index (χ1v) is 9.35. The second-order valence-corrected chi connectivity index (χ2v) is 6.93. The molecule has 142 valence electrons. The molecule has 1 aliphatic rings. The van der Waals surface area contributed by atoms with Crippen molar-refractivity contribution in [3.8, 4) is 17.2 Å². The molecule has 3 aromatic rings. The van der Waals surface area contributed by atoms with Crippen LogP contribution in [0.5, 0.6) is 17.2 Å². The quantitative estimate of drug-likeness (QED) is 0.710. The van der Waals surface area contributed by atoms with Crippen LogP contribution in [-0.4, -0.2) is 32.4 Å². The highest BCUT2D eigenvalue weighted by molar-refractivity contribution is 5.85. The van der Waals surface area contributed by atoms with Gasteiger partial charge in [-0.15, -0.1) is 0 Å². The van der Waals surface area contributed by atoms with E-state index in [1.54, 1.807) is 21.3 Å². The standard InChI is InChI=1S/C22H26N2O3/c1-5-14-12-16-15-8-6-7-9-17(15)24-21(16)20(23-14)13-10-18(25-2)22(27-4)19(11-13)26-3/h6-11,14,20,23-24H,5,12H2,1-4H3/t14-,20+/m1/s1. The molecule has 2 atom stereocenters. The number of ether oxygens (including phenoxy) is 3. The van der Waals surface area contributed by atoms with E-state index in [1.807, 2.05) is 12.1 Å². The summed E-state index contributed by atoms with van der Waals surface area (Å²) in [5.74, 6) is 1.96. The summed E-state index contributed by atoms with van der Waals surface area (Å²) in [5.41, 5.74) is 4.89. The summed E-state index contributed by atoms with van der Waals surface area (Å²) < 4.78 is 16.6. The summed E-state index contributed by atoms with van der Waals surface area (Å²) in [6, 6.07) is 13.0. The normalized spacial score (nSPS) is 19.0. The molecule has 0 saturated heterocycles. The fourth-order valence-electron chi connectivity index (χ4n) is 4.10. The molecular weight excluding hydrogens is 340 g/mol. The number of aromatic nitrogens is 1. The summed E-state index contributed by atoms with van der Waals surface area (Å²) in [6.07, 6.45) is 2.09. The van der Waals surface area contributed by atoms with Crippen molar-refractivity contribution >= 4 is 10.9 Å². The van der Waals surface area contributed by atoms with E-state index in [9.17, 15) is 0 Å². The maximum absolute atomic E-state index is 5.57. The van der Waals surface area contributed by atoms with Crippen molar-refractivity contribution in [1.29, 1.82) is 0 Å². The van der Waals surface area contributed by atoms with Crippen molar-refractivity contribution in [1.82, 2.24) is 10.3 Å². The van der Waals surface area contributed by atoms with Crippen LogP contribution in [-0.2, 0) is 6.42 Å². The fourth-order valence-corrected chi connectivity index (χ4v) is 4.10. The Hall–Kier alpha value is -2.66. The molecule has 2 aromatic carbocycles. The van der Waals surface area contributed by atoms with Crippen molar-refractivity contribution < 1.29 is 14.2 Å². The van der Waals surface area contributed by atoms with Gasteiger partial charge in [-0.3, -0.25) is 0 Å². The highest BCUT2D eigenvalue weighted by Crippen LogP contribution is 2.43. The van der Waals surface area contributed by atoms with Gasteiger partial charge in [0.15, 0.2) is 11.5 Å². The first-order valence-electron chi connectivity index (χ1n) is 9.35. The third-order valence-corrected chi connectivity index (χ3v) is 5.50. The highest BCUT2D eigenvalue weighted by Gasteiger charge is 2.31. The molecule has 4 rings (SSSR count). The van der Waals surface area contributed by atoms with Gasteiger partial charge in [-0.2, -0.15) is 0 Å². The van der Waals surface area contributed by atoms with Crippen LogP contribution >= 0.6 is 0 Å². The number of hydrogen-bond acceptors (Lipinski definition) is 4.